The van der Waals surface area contributed by atoms with Crippen LogP contribution in [0.3, 0.4) is 0 Å². The van der Waals surface area contributed by atoms with Gasteiger partial charge in [-0.1, -0.05) is 24.3 Å². The predicted molar refractivity (Wildman–Crippen MR) is 94.8 cm³/mol. The van der Waals surface area contributed by atoms with Gasteiger partial charge in [-0.25, -0.2) is 8.42 Å². The molecule has 2 aromatic rings. The Morgan fingerprint density at radius 3 is 2.62 bits per heavy atom. The smallest absolute Gasteiger partial charge is 0.248 e. The van der Waals surface area contributed by atoms with E-state index in [-0.39, 0.29) is 10.8 Å². The summed E-state index contributed by atoms with van der Waals surface area (Å²) in [6.45, 7) is 2.43. The molecule has 0 spiro atoms. The van der Waals surface area contributed by atoms with Crippen LogP contribution in [0.25, 0.3) is 6.08 Å². The SMILES string of the molecule is CCOc1ccccc1C=CC(=O)Nc1cccc(S(C)(=O)=O)c1. The number of amides is 1. The van der Waals surface area contributed by atoms with Gasteiger partial charge in [-0.3, -0.25) is 4.79 Å². The van der Waals surface area contributed by atoms with Crippen molar-refractivity contribution < 1.29 is 17.9 Å². The average molecular weight is 345 g/mol. The van der Waals surface area contributed by atoms with Crippen molar-refractivity contribution in [2.24, 2.45) is 0 Å². The van der Waals surface area contributed by atoms with Gasteiger partial charge in [-0.05, 0) is 37.3 Å². The summed E-state index contributed by atoms with van der Waals surface area (Å²) in [5.41, 5.74) is 1.21. The lowest BCUT2D eigenvalue weighted by molar-refractivity contribution is -0.111. The van der Waals surface area contributed by atoms with E-state index in [2.05, 4.69) is 5.32 Å². The van der Waals surface area contributed by atoms with Crippen LogP contribution in [0.15, 0.2) is 59.5 Å². The van der Waals surface area contributed by atoms with Gasteiger partial charge in [-0.2, -0.15) is 0 Å². The Morgan fingerprint density at radius 2 is 1.92 bits per heavy atom. The van der Waals surface area contributed by atoms with Gasteiger partial charge < -0.3 is 10.1 Å². The van der Waals surface area contributed by atoms with Gasteiger partial charge in [0.05, 0.1) is 11.5 Å². The van der Waals surface area contributed by atoms with Crippen molar-refractivity contribution in [3.63, 3.8) is 0 Å². The van der Waals surface area contributed by atoms with Crippen LogP contribution in [0.2, 0.25) is 0 Å². The molecular weight excluding hydrogens is 326 g/mol. The molecule has 5 nitrogen and oxygen atoms in total. The van der Waals surface area contributed by atoms with Crippen LogP contribution in [0.5, 0.6) is 5.75 Å². The molecule has 0 aliphatic heterocycles. The van der Waals surface area contributed by atoms with Crippen molar-refractivity contribution in [3.05, 3.63) is 60.2 Å². The Hall–Kier alpha value is -2.60. The van der Waals surface area contributed by atoms with Gasteiger partial charge >= 0.3 is 0 Å². The zero-order chi connectivity index (χ0) is 17.6. The van der Waals surface area contributed by atoms with E-state index < -0.39 is 9.84 Å². The Balaban J connectivity index is 2.11. The van der Waals surface area contributed by atoms with Crippen LogP contribution in [0.4, 0.5) is 5.69 Å². The molecule has 0 atom stereocenters. The standard InChI is InChI=1S/C18H19NO4S/c1-3-23-17-10-5-4-7-14(17)11-12-18(20)19-15-8-6-9-16(13-15)24(2,21)22/h4-13H,3H2,1-2H3,(H,19,20). The lowest BCUT2D eigenvalue weighted by Gasteiger charge is -2.07. The molecule has 2 aromatic carbocycles. The van der Waals surface area contributed by atoms with Crippen molar-refractivity contribution >= 4 is 27.5 Å². The number of anilines is 1. The third-order valence-electron chi connectivity index (χ3n) is 3.16. The predicted octanol–water partition coefficient (Wildman–Crippen LogP) is 3.14. The van der Waals surface area contributed by atoms with E-state index in [1.165, 1.54) is 18.2 Å². The molecule has 0 saturated carbocycles. The molecule has 0 heterocycles. The Labute approximate surface area is 141 Å². The average Bonchev–Trinajstić information content (AvgIpc) is 2.54. The summed E-state index contributed by atoms with van der Waals surface area (Å²) in [5, 5.41) is 2.65. The molecule has 0 saturated heterocycles. The second-order valence-corrected chi connectivity index (χ2v) is 7.11. The minimum Gasteiger partial charge on any atom is -0.493 e. The molecule has 126 valence electrons. The number of nitrogens with one attached hydrogen (secondary N) is 1. The molecule has 0 unspecified atom stereocenters. The monoisotopic (exact) mass is 345 g/mol. The molecule has 0 radical (unpaired) electrons. The van der Waals surface area contributed by atoms with E-state index in [1.807, 2.05) is 31.2 Å². The first-order valence-corrected chi connectivity index (χ1v) is 9.30. The Bertz CT molecular complexity index is 857. The number of hydrogen-bond acceptors (Lipinski definition) is 4. The van der Waals surface area contributed by atoms with Crippen LogP contribution in [0, 0.1) is 0 Å². The molecule has 0 fully saturated rings. The minimum atomic E-state index is -3.31. The van der Waals surface area contributed by atoms with E-state index in [0.29, 0.717) is 18.0 Å². The molecule has 2 rings (SSSR count). The molecular formula is C18H19NO4S. The summed E-state index contributed by atoms with van der Waals surface area (Å²) in [7, 11) is -3.31. The normalized spacial score (nSPS) is 11.4. The fourth-order valence-corrected chi connectivity index (χ4v) is 2.73. The molecule has 0 aliphatic rings. The van der Waals surface area contributed by atoms with Crippen LogP contribution in [-0.4, -0.2) is 27.2 Å². The number of benzene rings is 2. The third-order valence-corrected chi connectivity index (χ3v) is 4.27. The van der Waals surface area contributed by atoms with E-state index in [1.54, 1.807) is 18.2 Å². The van der Waals surface area contributed by atoms with Gasteiger partial charge in [0.15, 0.2) is 9.84 Å². The Morgan fingerprint density at radius 1 is 1.17 bits per heavy atom. The molecule has 0 bridgehead atoms. The van der Waals surface area contributed by atoms with Crippen molar-refractivity contribution in [1.82, 2.24) is 0 Å². The summed E-state index contributed by atoms with van der Waals surface area (Å²) in [5.74, 6) is 0.343. The number of rotatable bonds is 6. The summed E-state index contributed by atoms with van der Waals surface area (Å²) in [6.07, 6.45) is 4.16. The van der Waals surface area contributed by atoms with Crippen LogP contribution in [0.1, 0.15) is 12.5 Å². The van der Waals surface area contributed by atoms with Gasteiger partial charge in [0.2, 0.25) is 5.91 Å². The zero-order valence-electron chi connectivity index (χ0n) is 13.5. The highest BCUT2D eigenvalue weighted by Crippen LogP contribution is 2.20. The fourth-order valence-electron chi connectivity index (χ4n) is 2.06. The summed E-state index contributed by atoms with van der Waals surface area (Å²) in [6, 6.07) is 13.5. The second kappa shape index (κ2) is 7.79. The lowest BCUT2D eigenvalue weighted by atomic mass is 10.2. The highest BCUT2D eigenvalue weighted by Gasteiger charge is 2.08. The maximum atomic E-state index is 12.0. The van der Waals surface area contributed by atoms with Crippen molar-refractivity contribution in [2.75, 3.05) is 18.2 Å². The van der Waals surface area contributed by atoms with Gasteiger partial charge in [0, 0.05) is 23.6 Å². The number of carbonyl (C=O) groups excluding carboxylic acids is 1. The number of ether oxygens (including phenoxy) is 1. The number of para-hydroxylation sites is 1. The topological polar surface area (TPSA) is 72.5 Å². The first kappa shape index (κ1) is 17.7. The first-order valence-electron chi connectivity index (χ1n) is 7.41. The van der Waals surface area contributed by atoms with Gasteiger partial charge in [-0.15, -0.1) is 0 Å². The third kappa shape index (κ3) is 4.96. The van der Waals surface area contributed by atoms with E-state index in [0.717, 1.165) is 11.8 Å². The largest absolute Gasteiger partial charge is 0.493 e. The number of sulfone groups is 1. The van der Waals surface area contributed by atoms with E-state index >= 15 is 0 Å². The highest BCUT2D eigenvalue weighted by molar-refractivity contribution is 7.90. The summed E-state index contributed by atoms with van der Waals surface area (Å²) in [4.78, 5) is 12.2. The molecule has 1 amide bonds. The highest BCUT2D eigenvalue weighted by atomic mass is 32.2. The summed E-state index contributed by atoms with van der Waals surface area (Å²) < 4.78 is 28.6. The second-order valence-electron chi connectivity index (χ2n) is 5.09. The van der Waals surface area contributed by atoms with Crippen LogP contribution in [-0.2, 0) is 14.6 Å². The molecule has 0 aliphatic carbocycles. The van der Waals surface area contributed by atoms with Crippen LogP contribution < -0.4 is 10.1 Å². The molecule has 1 N–H and O–H groups in total. The van der Waals surface area contributed by atoms with E-state index in [4.69, 9.17) is 4.74 Å². The van der Waals surface area contributed by atoms with Crippen molar-refractivity contribution in [1.29, 1.82) is 0 Å². The van der Waals surface area contributed by atoms with Crippen molar-refractivity contribution in [2.45, 2.75) is 11.8 Å². The van der Waals surface area contributed by atoms with Crippen LogP contribution >= 0.6 is 0 Å². The maximum Gasteiger partial charge on any atom is 0.248 e. The number of carbonyl (C=O) groups is 1. The minimum absolute atomic E-state index is 0.158. The van der Waals surface area contributed by atoms with E-state index in [9.17, 15) is 13.2 Å². The summed E-state index contributed by atoms with van der Waals surface area (Å²) >= 11 is 0. The van der Waals surface area contributed by atoms with Gasteiger partial charge in [0.1, 0.15) is 5.75 Å². The molecule has 24 heavy (non-hydrogen) atoms. The quantitative estimate of drug-likeness (QED) is 0.817. The van der Waals surface area contributed by atoms with Gasteiger partial charge in [0.25, 0.3) is 0 Å². The van der Waals surface area contributed by atoms with Crippen molar-refractivity contribution in [3.8, 4) is 5.75 Å². The Kier molecular flexibility index (Phi) is 5.76. The zero-order valence-corrected chi connectivity index (χ0v) is 14.3. The molecule has 6 heteroatoms. The number of hydrogen-bond donors (Lipinski definition) is 1. The lowest BCUT2D eigenvalue weighted by Crippen LogP contribution is -2.08. The first-order chi connectivity index (χ1) is 11.4. The fraction of sp³-hybridized carbons (Fsp3) is 0.167. The maximum absolute atomic E-state index is 12.0. The molecule has 0 aromatic heterocycles.